The van der Waals surface area contributed by atoms with E-state index >= 15 is 0 Å². The average Bonchev–Trinajstić information content (AvgIpc) is 2.98. The minimum Gasteiger partial charge on any atom is -0.423 e. The van der Waals surface area contributed by atoms with Crippen LogP contribution < -0.4 is 4.74 Å². The largest absolute Gasteiger partial charge is 0.423 e. The Morgan fingerprint density at radius 1 is 1.30 bits per heavy atom. The normalized spacial score (nSPS) is 12.5. The highest BCUT2D eigenvalue weighted by atomic mass is 32.1. The highest BCUT2D eigenvalue weighted by Crippen LogP contribution is 2.28. The van der Waals surface area contributed by atoms with Gasteiger partial charge in [0.1, 0.15) is 5.75 Å². The maximum Gasteiger partial charge on any atom is 0.336 e. The molecule has 0 spiro atoms. The fourth-order valence-electron chi connectivity index (χ4n) is 1.88. The van der Waals surface area contributed by atoms with E-state index in [0.717, 1.165) is 16.9 Å². The number of carbonyl (C=O) groups excluding carboxylic acids is 1. The van der Waals surface area contributed by atoms with Crippen LogP contribution in [0.1, 0.15) is 36.6 Å². The number of rotatable bonds is 5. The van der Waals surface area contributed by atoms with Crippen LogP contribution >= 0.6 is 11.3 Å². The zero-order valence-electron chi connectivity index (χ0n) is 11.7. The number of thiophene rings is 1. The summed E-state index contributed by atoms with van der Waals surface area (Å²) in [4.78, 5) is 12.9. The SMILES string of the molecule is CCC(C)c1ccccc1OC(=O)/C=C/c1cccs1. The van der Waals surface area contributed by atoms with Crippen molar-refractivity contribution in [3.05, 3.63) is 58.3 Å². The van der Waals surface area contributed by atoms with Gasteiger partial charge < -0.3 is 4.74 Å². The van der Waals surface area contributed by atoms with Crippen LogP contribution in [0.2, 0.25) is 0 Å². The second-order valence-corrected chi connectivity index (χ2v) is 5.60. The number of ether oxygens (including phenoxy) is 1. The Morgan fingerprint density at radius 2 is 2.10 bits per heavy atom. The number of carbonyl (C=O) groups is 1. The van der Waals surface area contributed by atoms with Gasteiger partial charge in [-0.1, -0.05) is 38.1 Å². The van der Waals surface area contributed by atoms with Crippen molar-refractivity contribution in [2.75, 3.05) is 0 Å². The van der Waals surface area contributed by atoms with Gasteiger partial charge in [-0.3, -0.25) is 0 Å². The molecule has 1 aromatic heterocycles. The van der Waals surface area contributed by atoms with Crippen molar-refractivity contribution in [1.82, 2.24) is 0 Å². The monoisotopic (exact) mass is 286 g/mol. The quantitative estimate of drug-likeness (QED) is 0.445. The molecular formula is C17H18O2S. The van der Waals surface area contributed by atoms with E-state index in [4.69, 9.17) is 4.74 Å². The molecule has 2 rings (SSSR count). The van der Waals surface area contributed by atoms with Gasteiger partial charge >= 0.3 is 5.97 Å². The smallest absolute Gasteiger partial charge is 0.336 e. The van der Waals surface area contributed by atoms with E-state index in [1.54, 1.807) is 17.4 Å². The van der Waals surface area contributed by atoms with Gasteiger partial charge in [-0.15, -0.1) is 11.3 Å². The summed E-state index contributed by atoms with van der Waals surface area (Å²) in [5.41, 5.74) is 1.08. The zero-order valence-corrected chi connectivity index (χ0v) is 12.5. The Morgan fingerprint density at radius 3 is 2.80 bits per heavy atom. The number of hydrogen-bond acceptors (Lipinski definition) is 3. The van der Waals surface area contributed by atoms with Crippen molar-refractivity contribution in [3.8, 4) is 5.75 Å². The van der Waals surface area contributed by atoms with Gasteiger partial charge in [-0.2, -0.15) is 0 Å². The number of para-hydroxylation sites is 1. The van der Waals surface area contributed by atoms with Gasteiger partial charge in [0.2, 0.25) is 0 Å². The van der Waals surface area contributed by atoms with Gasteiger partial charge in [0.05, 0.1) is 0 Å². The molecule has 1 aromatic carbocycles. The minimum atomic E-state index is -0.339. The summed E-state index contributed by atoms with van der Waals surface area (Å²) in [6.45, 7) is 4.26. The van der Waals surface area contributed by atoms with E-state index in [2.05, 4.69) is 13.8 Å². The third kappa shape index (κ3) is 3.81. The second-order valence-electron chi connectivity index (χ2n) is 4.62. The highest BCUT2D eigenvalue weighted by Gasteiger charge is 2.11. The molecule has 0 fully saturated rings. The molecule has 20 heavy (non-hydrogen) atoms. The molecule has 0 bridgehead atoms. The predicted octanol–water partition coefficient (Wildman–Crippen LogP) is 4.88. The molecule has 0 aliphatic rings. The fourth-order valence-corrected chi connectivity index (χ4v) is 2.50. The lowest BCUT2D eigenvalue weighted by atomic mass is 9.98. The molecule has 104 valence electrons. The lowest BCUT2D eigenvalue weighted by Gasteiger charge is -2.13. The van der Waals surface area contributed by atoms with Crippen LogP contribution in [0.3, 0.4) is 0 Å². The summed E-state index contributed by atoms with van der Waals surface area (Å²) in [5.74, 6) is 0.692. The van der Waals surface area contributed by atoms with Crippen LogP contribution in [0.5, 0.6) is 5.75 Å². The first-order valence-electron chi connectivity index (χ1n) is 6.73. The van der Waals surface area contributed by atoms with E-state index in [-0.39, 0.29) is 5.97 Å². The van der Waals surface area contributed by atoms with E-state index in [1.165, 1.54) is 6.08 Å². The van der Waals surface area contributed by atoms with Gasteiger partial charge in [0.15, 0.2) is 0 Å². The highest BCUT2D eigenvalue weighted by molar-refractivity contribution is 7.10. The van der Waals surface area contributed by atoms with Crippen molar-refractivity contribution in [2.24, 2.45) is 0 Å². The van der Waals surface area contributed by atoms with Crippen molar-refractivity contribution >= 4 is 23.4 Å². The molecule has 0 aliphatic heterocycles. The Hall–Kier alpha value is -1.87. The zero-order chi connectivity index (χ0) is 14.4. The molecule has 0 saturated carbocycles. The number of hydrogen-bond donors (Lipinski definition) is 0. The third-order valence-electron chi connectivity index (χ3n) is 3.20. The number of esters is 1. The van der Waals surface area contributed by atoms with Crippen LogP contribution in [0.15, 0.2) is 47.9 Å². The maximum absolute atomic E-state index is 11.9. The standard InChI is InChI=1S/C17H18O2S/c1-3-13(2)15-8-4-5-9-16(15)19-17(18)11-10-14-7-6-12-20-14/h4-13H,3H2,1-2H3/b11-10+. The van der Waals surface area contributed by atoms with Gasteiger partial charge in [0.25, 0.3) is 0 Å². The molecule has 0 N–H and O–H groups in total. The Bertz CT molecular complexity index is 585. The summed E-state index contributed by atoms with van der Waals surface area (Å²) in [5, 5.41) is 1.98. The molecule has 2 nitrogen and oxygen atoms in total. The van der Waals surface area contributed by atoms with E-state index in [0.29, 0.717) is 11.7 Å². The number of benzene rings is 1. The first-order chi connectivity index (χ1) is 9.70. The van der Waals surface area contributed by atoms with E-state index in [9.17, 15) is 4.79 Å². The molecule has 2 aromatic rings. The molecule has 0 amide bonds. The van der Waals surface area contributed by atoms with Crippen molar-refractivity contribution in [1.29, 1.82) is 0 Å². The Kier molecular flexibility index (Phi) is 5.13. The lowest BCUT2D eigenvalue weighted by molar-refractivity contribution is -0.128. The lowest BCUT2D eigenvalue weighted by Crippen LogP contribution is -2.06. The summed E-state index contributed by atoms with van der Waals surface area (Å²) < 4.78 is 5.45. The van der Waals surface area contributed by atoms with Crippen LogP contribution in [0, 0.1) is 0 Å². The van der Waals surface area contributed by atoms with Gasteiger partial charge in [-0.05, 0) is 41.5 Å². The maximum atomic E-state index is 11.9. The van der Waals surface area contributed by atoms with Gasteiger partial charge in [-0.25, -0.2) is 4.79 Å². The molecular weight excluding hydrogens is 268 g/mol. The molecule has 0 radical (unpaired) electrons. The summed E-state index contributed by atoms with van der Waals surface area (Å²) in [6.07, 6.45) is 4.26. The van der Waals surface area contributed by atoms with Crippen LogP contribution in [0.25, 0.3) is 6.08 Å². The summed E-state index contributed by atoms with van der Waals surface area (Å²) >= 11 is 1.59. The molecule has 1 unspecified atom stereocenters. The fraction of sp³-hybridized carbons (Fsp3) is 0.235. The van der Waals surface area contributed by atoms with Crippen LogP contribution in [0.4, 0.5) is 0 Å². The first kappa shape index (κ1) is 14.5. The molecule has 3 heteroatoms. The predicted molar refractivity (Wildman–Crippen MR) is 84.1 cm³/mol. The third-order valence-corrected chi connectivity index (χ3v) is 4.04. The van der Waals surface area contributed by atoms with Gasteiger partial charge in [0, 0.05) is 11.0 Å². The molecule has 0 aliphatic carbocycles. The molecule has 0 saturated heterocycles. The Balaban J connectivity index is 2.08. The first-order valence-corrected chi connectivity index (χ1v) is 7.61. The minimum absolute atomic E-state index is 0.339. The molecule has 1 heterocycles. The Labute approximate surface area is 123 Å². The summed E-state index contributed by atoms with van der Waals surface area (Å²) in [7, 11) is 0. The topological polar surface area (TPSA) is 26.3 Å². The van der Waals surface area contributed by atoms with Crippen molar-refractivity contribution in [2.45, 2.75) is 26.2 Å². The summed E-state index contributed by atoms with van der Waals surface area (Å²) in [6, 6.07) is 11.6. The van der Waals surface area contributed by atoms with Crippen LogP contribution in [-0.2, 0) is 4.79 Å². The van der Waals surface area contributed by atoms with Crippen molar-refractivity contribution in [3.63, 3.8) is 0 Å². The molecule has 1 atom stereocenters. The second kappa shape index (κ2) is 7.06. The van der Waals surface area contributed by atoms with Crippen molar-refractivity contribution < 1.29 is 9.53 Å². The average molecular weight is 286 g/mol. The van der Waals surface area contributed by atoms with E-state index in [1.807, 2.05) is 41.8 Å². The van der Waals surface area contributed by atoms with Crippen LogP contribution in [-0.4, -0.2) is 5.97 Å². The van der Waals surface area contributed by atoms with E-state index < -0.39 is 0 Å².